The molecule has 112 valence electrons. The fourth-order valence-corrected chi connectivity index (χ4v) is 1.67. The molecule has 0 saturated carbocycles. The molecule has 0 bridgehead atoms. The lowest BCUT2D eigenvalue weighted by Crippen LogP contribution is -2.27. The van der Waals surface area contributed by atoms with Crippen LogP contribution in [0.25, 0.3) is 6.08 Å². The van der Waals surface area contributed by atoms with Crippen molar-refractivity contribution >= 4 is 18.0 Å². The third kappa shape index (κ3) is 3.99. The van der Waals surface area contributed by atoms with E-state index in [2.05, 4.69) is 5.32 Å². The van der Waals surface area contributed by atoms with Gasteiger partial charge in [-0.15, -0.1) is 0 Å². The van der Waals surface area contributed by atoms with Crippen LogP contribution in [-0.2, 0) is 4.79 Å². The maximum absolute atomic E-state index is 12.8. The minimum absolute atomic E-state index is 0.118. The van der Waals surface area contributed by atoms with Crippen molar-refractivity contribution < 1.29 is 23.5 Å². The van der Waals surface area contributed by atoms with E-state index in [0.717, 1.165) is 12.1 Å². The number of rotatable bonds is 4. The van der Waals surface area contributed by atoms with E-state index in [4.69, 9.17) is 5.11 Å². The Labute approximate surface area is 124 Å². The number of carboxylic acid groups (broad SMARTS) is 1. The molecular formula is C16H11F2NO3. The highest BCUT2D eigenvalue weighted by atomic mass is 19.1. The van der Waals surface area contributed by atoms with Crippen LogP contribution in [0.4, 0.5) is 8.78 Å². The summed E-state index contributed by atoms with van der Waals surface area (Å²) in [7, 11) is 0. The molecule has 0 aliphatic rings. The number of carboxylic acids is 1. The van der Waals surface area contributed by atoms with Crippen molar-refractivity contribution in [3.8, 4) is 0 Å². The molecule has 4 nitrogen and oxygen atoms in total. The lowest BCUT2D eigenvalue weighted by Gasteiger charge is -2.06. The first kappa shape index (κ1) is 15.4. The highest BCUT2D eigenvalue weighted by Gasteiger charge is 2.13. The van der Waals surface area contributed by atoms with E-state index in [9.17, 15) is 18.4 Å². The van der Waals surface area contributed by atoms with Gasteiger partial charge < -0.3 is 10.4 Å². The number of hydrogen-bond acceptors (Lipinski definition) is 2. The number of aliphatic carboxylic acids is 1. The molecule has 0 spiro atoms. The Morgan fingerprint density at radius 1 is 0.909 bits per heavy atom. The van der Waals surface area contributed by atoms with Crippen LogP contribution in [0.2, 0.25) is 0 Å². The van der Waals surface area contributed by atoms with Crippen LogP contribution in [0.1, 0.15) is 15.9 Å². The van der Waals surface area contributed by atoms with Gasteiger partial charge in [0.05, 0.1) is 0 Å². The fourth-order valence-electron chi connectivity index (χ4n) is 1.67. The zero-order valence-electron chi connectivity index (χ0n) is 11.2. The highest BCUT2D eigenvalue weighted by Crippen LogP contribution is 2.09. The summed E-state index contributed by atoms with van der Waals surface area (Å²) in [5, 5.41) is 11.3. The predicted molar refractivity (Wildman–Crippen MR) is 75.9 cm³/mol. The van der Waals surface area contributed by atoms with E-state index >= 15 is 0 Å². The van der Waals surface area contributed by atoms with Crippen molar-refractivity contribution in [1.82, 2.24) is 5.32 Å². The predicted octanol–water partition coefficient (Wildman–Crippen LogP) is 2.82. The van der Waals surface area contributed by atoms with Crippen molar-refractivity contribution in [2.45, 2.75) is 0 Å². The Morgan fingerprint density at radius 2 is 1.41 bits per heavy atom. The van der Waals surface area contributed by atoms with Gasteiger partial charge in [0, 0.05) is 5.56 Å². The Balaban J connectivity index is 2.21. The average Bonchev–Trinajstić information content (AvgIpc) is 2.49. The quantitative estimate of drug-likeness (QED) is 0.854. The molecule has 0 unspecified atom stereocenters. The molecule has 0 heterocycles. The van der Waals surface area contributed by atoms with Crippen LogP contribution < -0.4 is 5.32 Å². The molecular weight excluding hydrogens is 292 g/mol. The lowest BCUT2D eigenvalue weighted by atomic mass is 10.1. The maximum Gasteiger partial charge on any atom is 0.352 e. The minimum Gasteiger partial charge on any atom is -0.477 e. The van der Waals surface area contributed by atoms with Gasteiger partial charge in [0.1, 0.15) is 17.3 Å². The molecule has 0 atom stereocenters. The summed E-state index contributed by atoms with van der Waals surface area (Å²) in [6, 6.07) is 9.77. The van der Waals surface area contributed by atoms with E-state index < -0.39 is 23.5 Å². The molecule has 0 aromatic heterocycles. The van der Waals surface area contributed by atoms with Gasteiger partial charge in [0.2, 0.25) is 0 Å². The van der Waals surface area contributed by atoms with Crippen molar-refractivity contribution in [3.05, 3.63) is 77.0 Å². The molecule has 1 amide bonds. The number of carbonyl (C=O) groups excluding carboxylic acids is 1. The molecule has 0 aliphatic carbocycles. The van der Waals surface area contributed by atoms with Gasteiger partial charge in [-0.05, 0) is 48.0 Å². The lowest BCUT2D eigenvalue weighted by molar-refractivity contribution is -0.132. The summed E-state index contributed by atoms with van der Waals surface area (Å²) < 4.78 is 25.6. The third-order valence-electron chi connectivity index (χ3n) is 2.77. The van der Waals surface area contributed by atoms with Crippen molar-refractivity contribution in [2.24, 2.45) is 0 Å². The topological polar surface area (TPSA) is 66.4 Å². The smallest absolute Gasteiger partial charge is 0.352 e. The number of carbonyl (C=O) groups is 2. The first-order chi connectivity index (χ1) is 10.5. The Kier molecular flexibility index (Phi) is 4.63. The number of nitrogens with one attached hydrogen (secondary N) is 1. The second kappa shape index (κ2) is 6.62. The largest absolute Gasteiger partial charge is 0.477 e. The van der Waals surface area contributed by atoms with Gasteiger partial charge in [0.25, 0.3) is 5.91 Å². The van der Waals surface area contributed by atoms with Crippen molar-refractivity contribution in [3.63, 3.8) is 0 Å². The van der Waals surface area contributed by atoms with Crippen molar-refractivity contribution in [2.75, 3.05) is 0 Å². The molecule has 2 N–H and O–H groups in total. The molecule has 2 aromatic carbocycles. The third-order valence-corrected chi connectivity index (χ3v) is 2.77. The molecule has 2 aromatic rings. The van der Waals surface area contributed by atoms with Gasteiger partial charge in [-0.2, -0.15) is 0 Å². The van der Waals surface area contributed by atoms with E-state index in [1.165, 1.54) is 42.5 Å². The summed E-state index contributed by atoms with van der Waals surface area (Å²) >= 11 is 0. The first-order valence-electron chi connectivity index (χ1n) is 6.23. The number of amides is 1. The second-order valence-electron chi connectivity index (χ2n) is 4.38. The van der Waals surface area contributed by atoms with E-state index in [-0.39, 0.29) is 11.3 Å². The van der Waals surface area contributed by atoms with Gasteiger partial charge in [-0.1, -0.05) is 12.1 Å². The van der Waals surface area contributed by atoms with Crippen LogP contribution in [-0.4, -0.2) is 17.0 Å². The summed E-state index contributed by atoms with van der Waals surface area (Å²) in [6.07, 6.45) is 1.20. The van der Waals surface area contributed by atoms with Crippen LogP contribution in [0.5, 0.6) is 0 Å². The zero-order valence-corrected chi connectivity index (χ0v) is 11.2. The monoisotopic (exact) mass is 303 g/mol. The van der Waals surface area contributed by atoms with Gasteiger partial charge in [-0.3, -0.25) is 4.79 Å². The fraction of sp³-hybridized carbons (Fsp3) is 0. The van der Waals surface area contributed by atoms with Crippen LogP contribution >= 0.6 is 0 Å². The Hall–Kier alpha value is -3.02. The number of halogens is 2. The standard InChI is InChI=1S/C16H11F2NO3/c17-12-5-1-10(2-6-12)9-14(16(21)22)19-15(20)11-3-7-13(18)8-4-11/h1-9H,(H,19,20)(H,21,22). The number of hydrogen-bond donors (Lipinski definition) is 2. The summed E-state index contributed by atoms with van der Waals surface area (Å²) in [4.78, 5) is 23.1. The highest BCUT2D eigenvalue weighted by molar-refractivity contribution is 6.02. The van der Waals surface area contributed by atoms with Gasteiger partial charge in [-0.25, -0.2) is 13.6 Å². The molecule has 6 heteroatoms. The van der Waals surface area contributed by atoms with E-state index in [0.29, 0.717) is 5.56 Å². The second-order valence-corrected chi connectivity index (χ2v) is 4.38. The van der Waals surface area contributed by atoms with Crippen LogP contribution in [0, 0.1) is 11.6 Å². The van der Waals surface area contributed by atoms with Gasteiger partial charge >= 0.3 is 5.97 Å². The number of benzene rings is 2. The Morgan fingerprint density at radius 3 is 1.91 bits per heavy atom. The summed E-state index contributed by atoms with van der Waals surface area (Å²) in [5.74, 6) is -2.99. The SMILES string of the molecule is O=C(O)C(=Cc1ccc(F)cc1)NC(=O)c1ccc(F)cc1. The van der Waals surface area contributed by atoms with Gasteiger partial charge in [0.15, 0.2) is 0 Å². The van der Waals surface area contributed by atoms with Crippen molar-refractivity contribution in [1.29, 1.82) is 0 Å². The molecule has 0 saturated heterocycles. The molecule has 0 aliphatic heterocycles. The zero-order chi connectivity index (χ0) is 16.1. The summed E-state index contributed by atoms with van der Waals surface area (Å²) in [6.45, 7) is 0. The normalized spacial score (nSPS) is 11.1. The maximum atomic E-state index is 12.8. The Bertz CT molecular complexity index is 722. The van der Waals surface area contributed by atoms with E-state index in [1.807, 2.05) is 0 Å². The summed E-state index contributed by atoms with van der Waals surface area (Å²) in [5.41, 5.74) is 0.159. The molecule has 22 heavy (non-hydrogen) atoms. The van der Waals surface area contributed by atoms with E-state index in [1.54, 1.807) is 0 Å². The average molecular weight is 303 g/mol. The first-order valence-corrected chi connectivity index (χ1v) is 6.23. The molecule has 2 rings (SSSR count). The minimum atomic E-state index is -1.35. The molecule has 0 fully saturated rings. The van der Waals surface area contributed by atoms with Crippen LogP contribution in [0.3, 0.4) is 0 Å². The van der Waals surface area contributed by atoms with Crippen LogP contribution in [0.15, 0.2) is 54.2 Å². The molecule has 0 radical (unpaired) electrons.